The summed E-state index contributed by atoms with van der Waals surface area (Å²) in [4.78, 5) is 24.3. The maximum absolute atomic E-state index is 13.5. The smallest absolute Gasteiger partial charge is 0.405 e. The van der Waals surface area contributed by atoms with E-state index in [9.17, 15) is 27.2 Å². The van der Waals surface area contributed by atoms with E-state index in [-0.39, 0.29) is 42.5 Å². The maximum Gasteiger partial charge on any atom is 0.405 e. The third kappa shape index (κ3) is 6.51. The van der Waals surface area contributed by atoms with Crippen molar-refractivity contribution in [3.05, 3.63) is 71.3 Å². The zero-order valence-corrected chi connectivity index (χ0v) is 17.5. The number of benzene rings is 2. The van der Waals surface area contributed by atoms with Gasteiger partial charge in [-0.25, -0.2) is 9.07 Å². The lowest BCUT2D eigenvalue weighted by Gasteiger charge is -2.11. The molecule has 3 aromatic rings. The molecule has 0 aliphatic heterocycles. The molecule has 180 valence electrons. The lowest BCUT2D eigenvalue weighted by Crippen LogP contribution is -2.33. The number of aliphatic hydroxyl groups excluding tert-OH is 1. The quantitative estimate of drug-likeness (QED) is 0.403. The number of carbonyl (C=O) groups excluding carboxylic acids is 2. The number of aromatic nitrogens is 3. The van der Waals surface area contributed by atoms with E-state index in [0.29, 0.717) is 5.69 Å². The Bertz CT molecular complexity index is 1150. The molecule has 1 heterocycles. The Labute approximate surface area is 190 Å². The van der Waals surface area contributed by atoms with Crippen molar-refractivity contribution in [3.8, 4) is 11.4 Å². The molecule has 3 rings (SSSR count). The van der Waals surface area contributed by atoms with Crippen LogP contribution >= 0.6 is 0 Å². The highest BCUT2D eigenvalue weighted by Crippen LogP contribution is 2.19. The van der Waals surface area contributed by atoms with Gasteiger partial charge in [-0.3, -0.25) is 9.59 Å². The average molecular weight is 481 g/mol. The predicted octanol–water partition coefficient (Wildman–Crippen LogP) is 2.00. The van der Waals surface area contributed by atoms with Gasteiger partial charge in [-0.15, -0.1) is 5.10 Å². The molecular formula is C21H19F4N5O4. The van der Waals surface area contributed by atoms with Crippen molar-refractivity contribution in [2.45, 2.75) is 12.8 Å². The molecule has 0 aliphatic rings. The van der Waals surface area contributed by atoms with Crippen LogP contribution in [0.25, 0.3) is 5.69 Å². The minimum Gasteiger partial charge on any atom is -0.487 e. The van der Waals surface area contributed by atoms with Crippen LogP contribution in [0.5, 0.6) is 5.75 Å². The molecule has 0 unspecified atom stereocenters. The Kier molecular flexibility index (Phi) is 7.79. The highest BCUT2D eigenvalue weighted by atomic mass is 19.4. The Morgan fingerprint density at radius 2 is 1.79 bits per heavy atom. The minimum atomic E-state index is -4.54. The SMILES string of the molecule is O=C(NCC(F)(F)F)c1ccc(-n2nnc(C(=O)NCCO)c2COc2cccc(F)c2)cc1. The van der Waals surface area contributed by atoms with Gasteiger partial charge < -0.3 is 20.5 Å². The van der Waals surface area contributed by atoms with Gasteiger partial charge in [0.25, 0.3) is 11.8 Å². The Balaban J connectivity index is 1.85. The number of alkyl halides is 3. The molecule has 2 aromatic carbocycles. The fourth-order valence-corrected chi connectivity index (χ4v) is 2.81. The molecule has 3 N–H and O–H groups in total. The van der Waals surface area contributed by atoms with Crippen LogP contribution in [0.15, 0.2) is 48.5 Å². The summed E-state index contributed by atoms with van der Waals surface area (Å²) in [5.74, 6) is -1.89. The molecule has 0 spiro atoms. The summed E-state index contributed by atoms with van der Waals surface area (Å²) < 4.78 is 57.2. The van der Waals surface area contributed by atoms with E-state index in [2.05, 4.69) is 15.6 Å². The summed E-state index contributed by atoms with van der Waals surface area (Å²) >= 11 is 0. The number of nitrogens with zero attached hydrogens (tertiary/aromatic N) is 3. The molecule has 0 bridgehead atoms. The molecule has 0 saturated carbocycles. The average Bonchev–Trinajstić information content (AvgIpc) is 3.23. The Morgan fingerprint density at radius 3 is 2.44 bits per heavy atom. The number of nitrogens with one attached hydrogen (secondary N) is 2. The second-order valence-electron chi connectivity index (χ2n) is 6.87. The van der Waals surface area contributed by atoms with Gasteiger partial charge in [0.05, 0.1) is 12.3 Å². The van der Waals surface area contributed by atoms with E-state index in [1.807, 2.05) is 0 Å². The third-order valence-electron chi connectivity index (χ3n) is 4.37. The second-order valence-corrected chi connectivity index (χ2v) is 6.87. The van der Waals surface area contributed by atoms with Crippen molar-refractivity contribution in [1.29, 1.82) is 0 Å². The Morgan fingerprint density at radius 1 is 1.06 bits per heavy atom. The number of amides is 2. The van der Waals surface area contributed by atoms with Crippen molar-refractivity contribution in [3.63, 3.8) is 0 Å². The van der Waals surface area contributed by atoms with Gasteiger partial charge >= 0.3 is 6.18 Å². The monoisotopic (exact) mass is 481 g/mol. The van der Waals surface area contributed by atoms with Gasteiger partial charge in [-0.1, -0.05) is 11.3 Å². The fourth-order valence-electron chi connectivity index (χ4n) is 2.81. The van der Waals surface area contributed by atoms with Gasteiger partial charge in [0.2, 0.25) is 0 Å². The van der Waals surface area contributed by atoms with E-state index in [1.165, 1.54) is 47.1 Å². The molecule has 13 heteroatoms. The van der Waals surface area contributed by atoms with Gasteiger partial charge in [-0.05, 0) is 36.4 Å². The second kappa shape index (κ2) is 10.7. The van der Waals surface area contributed by atoms with Crippen LogP contribution < -0.4 is 15.4 Å². The first kappa shape index (κ1) is 24.6. The van der Waals surface area contributed by atoms with Crippen molar-refractivity contribution in [2.24, 2.45) is 0 Å². The first-order valence-electron chi connectivity index (χ1n) is 9.85. The highest BCUT2D eigenvalue weighted by Gasteiger charge is 2.28. The van der Waals surface area contributed by atoms with Gasteiger partial charge in [0.15, 0.2) is 5.69 Å². The van der Waals surface area contributed by atoms with Crippen LogP contribution in [-0.2, 0) is 6.61 Å². The van der Waals surface area contributed by atoms with E-state index in [0.717, 1.165) is 6.07 Å². The van der Waals surface area contributed by atoms with Crippen molar-refractivity contribution in [2.75, 3.05) is 19.7 Å². The number of ether oxygens (including phenoxy) is 1. The number of carbonyl (C=O) groups is 2. The number of hydrogen-bond donors (Lipinski definition) is 3. The van der Waals surface area contributed by atoms with E-state index in [1.54, 1.807) is 5.32 Å². The lowest BCUT2D eigenvalue weighted by atomic mass is 10.2. The zero-order chi connectivity index (χ0) is 24.7. The predicted molar refractivity (Wildman–Crippen MR) is 110 cm³/mol. The van der Waals surface area contributed by atoms with E-state index < -0.39 is 30.4 Å². The van der Waals surface area contributed by atoms with Crippen LogP contribution in [0.3, 0.4) is 0 Å². The molecule has 34 heavy (non-hydrogen) atoms. The normalized spacial score (nSPS) is 11.2. The molecule has 0 atom stereocenters. The molecule has 0 aliphatic carbocycles. The molecule has 2 amide bonds. The maximum atomic E-state index is 13.5. The van der Waals surface area contributed by atoms with Crippen LogP contribution in [0.1, 0.15) is 26.5 Å². The fraction of sp³-hybridized carbons (Fsp3) is 0.238. The molecule has 0 radical (unpaired) electrons. The third-order valence-corrected chi connectivity index (χ3v) is 4.37. The summed E-state index contributed by atoms with van der Waals surface area (Å²) in [6.07, 6.45) is -4.54. The number of rotatable bonds is 9. The largest absolute Gasteiger partial charge is 0.487 e. The van der Waals surface area contributed by atoms with Gasteiger partial charge in [-0.2, -0.15) is 13.2 Å². The molecule has 9 nitrogen and oxygen atoms in total. The first-order chi connectivity index (χ1) is 16.2. The molecule has 0 fully saturated rings. The van der Waals surface area contributed by atoms with E-state index >= 15 is 0 Å². The van der Waals surface area contributed by atoms with Gasteiger partial charge in [0.1, 0.15) is 30.4 Å². The zero-order valence-electron chi connectivity index (χ0n) is 17.5. The number of halogens is 4. The summed E-state index contributed by atoms with van der Waals surface area (Å²) in [6, 6.07) is 10.7. The summed E-state index contributed by atoms with van der Waals surface area (Å²) in [7, 11) is 0. The number of aliphatic hydroxyl groups is 1. The van der Waals surface area contributed by atoms with E-state index in [4.69, 9.17) is 9.84 Å². The lowest BCUT2D eigenvalue weighted by molar-refractivity contribution is -0.123. The number of hydrogen-bond acceptors (Lipinski definition) is 6. The van der Waals surface area contributed by atoms with Crippen molar-refractivity contribution in [1.82, 2.24) is 25.6 Å². The summed E-state index contributed by atoms with van der Waals surface area (Å²) in [5, 5.41) is 20.9. The standard InChI is InChI=1S/C21H19F4N5O4/c22-14-2-1-3-16(10-14)34-11-17-18(20(33)26-8-9-31)28-29-30(17)15-6-4-13(5-7-15)19(32)27-12-21(23,24)25/h1-7,10,31H,8-9,11-12H2,(H,26,33)(H,27,32). The molecule has 1 aromatic heterocycles. The molecule has 0 saturated heterocycles. The molecular weight excluding hydrogens is 462 g/mol. The topological polar surface area (TPSA) is 118 Å². The first-order valence-corrected chi connectivity index (χ1v) is 9.85. The van der Waals surface area contributed by atoms with Crippen LogP contribution in [0, 0.1) is 5.82 Å². The highest BCUT2D eigenvalue weighted by molar-refractivity contribution is 5.94. The van der Waals surface area contributed by atoms with Crippen molar-refractivity contribution < 1.29 is 37.0 Å². The van der Waals surface area contributed by atoms with Crippen molar-refractivity contribution >= 4 is 11.8 Å². The summed E-state index contributed by atoms with van der Waals surface area (Å²) in [6.45, 7) is -2.04. The van der Waals surface area contributed by atoms with Gasteiger partial charge in [0, 0.05) is 18.2 Å². The van der Waals surface area contributed by atoms with Crippen LogP contribution in [-0.4, -0.2) is 57.8 Å². The summed E-state index contributed by atoms with van der Waals surface area (Å²) in [5.41, 5.74) is 0.372. The van der Waals surface area contributed by atoms with Crippen LogP contribution in [0.2, 0.25) is 0 Å². The minimum absolute atomic E-state index is 0.0217. The Hall–Kier alpha value is -4.00. The van der Waals surface area contributed by atoms with Crippen LogP contribution in [0.4, 0.5) is 17.6 Å².